The minimum Gasteiger partial charge on any atom is -0.506 e. The highest BCUT2D eigenvalue weighted by atomic mass is 32.1. The highest BCUT2D eigenvalue weighted by Crippen LogP contribution is 2.22. The van der Waals surface area contributed by atoms with E-state index in [2.05, 4.69) is 10.3 Å². The normalized spacial score (nSPS) is 10.0. The summed E-state index contributed by atoms with van der Waals surface area (Å²) < 4.78 is 0. The van der Waals surface area contributed by atoms with E-state index in [1.807, 2.05) is 0 Å². The van der Waals surface area contributed by atoms with Gasteiger partial charge in [-0.15, -0.1) is 11.3 Å². The molecule has 2 aromatic rings. The van der Waals surface area contributed by atoms with Crippen LogP contribution in [0.4, 0.5) is 5.00 Å². The molecule has 2 rings (SSSR count). The first-order valence-electron chi connectivity index (χ1n) is 4.85. The van der Waals surface area contributed by atoms with E-state index in [1.54, 1.807) is 0 Å². The van der Waals surface area contributed by atoms with Crippen molar-refractivity contribution in [1.82, 2.24) is 4.98 Å². The van der Waals surface area contributed by atoms with Crippen molar-refractivity contribution < 1.29 is 19.8 Å². The lowest BCUT2D eigenvalue weighted by atomic mass is 10.2. The van der Waals surface area contributed by atoms with Gasteiger partial charge in [0.05, 0.1) is 16.8 Å². The van der Waals surface area contributed by atoms with Gasteiger partial charge in [0, 0.05) is 6.20 Å². The highest BCUT2D eigenvalue weighted by Gasteiger charge is 2.11. The average molecular weight is 264 g/mol. The summed E-state index contributed by atoms with van der Waals surface area (Å²) >= 11 is 0.954. The van der Waals surface area contributed by atoms with Crippen molar-refractivity contribution in [2.24, 2.45) is 0 Å². The number of anilines is 1. The largest absolute Gasteiger partial charge is 0.506 e. The summed E-state index contributed by atoms with van der Waals surface area (Å²) in [7, 11) is 0. The van der Waals surface area contributed by atoms with E-state index in [0.717, 1.165) is 11.3 Å². The maximum atomic E-state index is 11.7. The van der Waals surface area contributed by atoms with E-state index in [9.17, 15) is 14.7 Å². The monoisotopic (exact) mass is 264 g/mol. The molecule has 3 N–H and O–H groups in total. The third-order valence-electron chi connectivity index (χ3n) is 2.04. The van der Waals surface area contributed by atoms with E-state index in [-0.39, 0.29) is 16.2 Å². The molecule has 0 atom stereocenters. The predicted molar refractivity (Wildman–Crippen MR) is 65.1 cm³/mol. The molecule has 0 aliphatic carbocycles. The van der Waals surface area contributed by atoms with E-state index in [0.29, 0.717) is 5.00 Å². The third kappa shape index (κ3) is 2.64. The minimum atomic E-state index is -1.04. The van der Waals surface area contributed by atoms with Crippen molar-refractivity contribution in [2.75, 3.05) is 5.32 Å². The Bertz CT molecular complexity index is 609. The molecular weight excluding hydrogens is 256 g/mol. The molecule has 0 unspecified atom stereocenters. The van der Waals surface area contributed by atoms with Crippen molar-refractivity contribution in [1.29, 1.82) is 0 Å². The van der Waals surface area contributed by atoms with E-state index < -0.39 is 11.9 Å². The third-order valence-corrected chi connectivity index (χ3v) is 3.03. The first kappa shape index (κ1) is 12.1. The van der Waals surface area contributed by atoms with Crippen LogP contribution < -0.4 is 5.32 Å². The second kappa shape index (κ2) is 4.84. The molecule has 0 aliphatic heterocycles. The standard InChI is InChI=1S/C11H8N2O4S/c14-7-3-6(4-12-5-7)10(15)13-9-2-1-8(18-9)11(16)17/h1-5,14H,(H,13,15)(H,16,17). The molecule has 7 heteroatoms. The summed E-state index contributed by atoms with van der Waals surface area (Å²) in [4.78, 5) is 26.2. The van der Waals surface area contributed by atoms with Crippen LogP contribution in [0.25, 0.3) is 0 Å². The number of carboxylic acids is 1. The molecular formula is C11H8N2O4S. The number of carbonyl (C=O) groups is 2. The molecule has 1 amide bonds. The molecule has 0 bridgehead atoms. The van der Waals surface area contributed by atoms with Crippen LogP contribution in [0.1, 0.15) is 20.0 Å². The van der Waals surface area contributed by atoms with Gasteiger partial charge in [0.1, 0.15) is 10.6 Å². The number of carboxylic acid groups (broad SMARTS) is 1. The van der Waals surface area contributed by atoms with Gasteiger partial charge in [0.2, 0.25) is 0 Å². The van der Waals surface area contributed by atoms with E-state index in [1.165, 1.54) is 30.6 Å². The Morgan fingerprint density at radius 2 is 2.06 bits per heavy atom. The van der Waals surface area contributed by atoms with Gasteiger partial charge in [-0.3, -0.25) is 9.78 Å². The number of nitrogens with zero attached hydrogens (tertiary/aromatic N) is 1. The number of carbonyl (C=O) groups excluding carboxylic acids is 1. The first-order valence-corrected chi connectivity index (χ1v) is 5.66. The summed E-state index contributed by atoms with van der Waals surface area (Å²) in [6, 6.07) is 4.18. The van der Waals surface area contributed by atoms with E-state index >= 15 is 0 Å². The number of hydrogen-bond acceptors (Lipinski definition) is 5. The van der Waals surface area contributed by atoms with Crippen LogP contribution in [-0.4, -0.2) is 27.1 Å². The zero-order chi connectivity index (χ0) is 13.1. The molecule has 2 heterocycles. The van der Waals surface area contributed by atoms with Gasteiger partial charge in [0.15, 0.2) is 0 Å². The number of thiophene rings is 1. The number of aromatic nitrogens is 1. The fraction of sp³-hybridized carbons (Fsp3) is 0. The van der Waals surface area contributed by atoms with Crippen molar-refractivity contribution in [3.63, 3.8) is 0 Å². The molecule has 2 aromatic heterocycles. The van der Waals surface area contributed by atoms with Gasteiger partial charge in [0.25, 0.3) is 5.91 Å². The van der Waals surface area contributed by atoms with Gasteiger partial charge in [-0.2, -0.15) is 0 Å². The van der Waals surface area contributed by atoms with Crippen molar-refractivity contribution >= 4 is 28.2 Å². The molecule has 0 saturated heterocycles. The molecule has 6 nitrogen and oxygen atoms in total. The number of aromatic carboxylic acids is 1. The van der Waals surface area contributed by atoms with Crippen molar-refractivity contribution in [3.8, 4) is 5.75 Å². The molecule has 18 heavy (non-hydrogen) atoms. The number of pyridine rings is 1. The Morgan fingerprint density at radius 1 is 1.28 bits per heavy atom. The minimum absolute atomic E-state index is 0.111. The van der Waals surface area contributed by atoms with Crippen LogP contribution in [0, 0.1) is 0 Å². The molecule has 0 fully saturated rings. The molecule has 0 aliphatic rings. The van der Waals surface area contributed by atoms with Crippen LogP contribution in [0.2, 0.25) is 0 Å². The Balaban J connectivity index is 2.13. The Kier molecular flexibility index (Phi) is 3.24. The van der Waals surface area contributed by atoms with Gasteiger partial charge in [-0.25, -0.2) is 4.79 Å². The van der Waals surface area contributed by atoms with Crippen molar-refractivity contribution in [2.45, 2.75) is 0 Å². The lowest BCUT2D eigenvalue weighted by molar-refractivity contribution is 0.0702. The van der Waals surface area contributed by atoms with Gasteiger partial charge >= 0.3 is 5.97 Å². The maximum Gasteiger partial charge on any atom is 0.345 e. The Morgan fingerprint density at radius 3 is 2.67 bits per heavy atom. The average Bonchev–Trinajstić information content (AvgIpc) is 2.77. The van der Waals surface area contributed by atoms with Crippen molar-refractivity contribution in [3.05, 3.63) is 41.0 Å². The summed E-state index contributed by atoms with van der Waals surface area (Å²) in [6.07, 6.45) is 2.52. The van der Waals surface area contributed by atoms with Crippen LogP contribution in [0.3, 0.4) is 0 Å². The molecule has 92 valence electrons. The van der Waals surface area contributed by atoms with Gasteiger partial charge in [-0.1, -0.05) is 0 Å². The van der Waals surface area contributed by atoms with Gasteiger partial charge < -0.3 is 15.5 Å². The number of hydrogen-bond donors (Lipinski definition) is 3. The number of rotatable bonds is 3. The lowest BCUT2D eigenvalue weighted by Gasteiger charge is -2.01. The van der Waals surface area contributed by atoms with Crippen LogP contribution in [0.5, 0.6) is 5.75 Å². The number of nitrogens with one attached hydrogen (secondary N) is 1. The van der Waals surface area contributed by atoms with Crippen LogP contribution in [-0.2, 0) is 0 Å². The summed E-state index contributed by atoms with van der Waals surface area (Å²) in [6.45, 7) is 0. The van der Waals surface area contributed by atoms with Crippen LogP contribution in [0.15, 0.2) is 30.6 Å². The Hall–Kier alpha value is -2.41. The fourth-order valence-electron chi connectivity index (χ4n) is 1.26. The molecule has 0 aromatic carbocycles. The quantitative estimate of drug-likeness (QED) is 0.785. The topological polar surface area (TPSA) is 99.5 Å². The Labute approximate surface area is 106 Å². The number of aromatic hydroxyl groups is 1. The number of amides is 1. The summed E-state index contributed by atoms with van der Waals surface area (Å²) in [5.74, 6) is -1.61. The predicted octanol–water partition coefficient (Wildman–Crippen LogP) is 1.80. The summed E-state index contributed by atoms with van der Waals surface area (Å²) in [5.41, 5.74) is 0.195. The zero-order valence-electron chi connectivity index (χ0n) is 8.95. The second-order valence-corrected chi connectivity index (χ2v) is 4.44. The molecule has 0 radical (unpaired) electrons. The highest BCUT2D eigenvalue weighted by molar-refractivity contribution is 7.18. The van der Waals surface area contributed by atoms with Gasteiger partial charge in [-0.05, 0) is 18.2 Å². The summed E-state index contributed by atoms with van der Waals surface area (Å²) in [5, 5.41) is 20.9. The molecule has 0 saturated carbocycles. The first-order chi connectivity index (χ1) is 8.56. The zero-order valence-corrected chi connectivity index (χ0v) is 9.77. The lowest BCUT2D eigenvalue weighted by Crippen LogP contribution is -2.10. The maximum absolute atomic E-state index is 11.7. The van der Waals surface area contributed by atoms with E-state index in [4.69, 9.17) is 5.11 Å². The molecule has 0 spiro atoms. The fourth-order valence-corrected chi connectivity index (χ4v) is 2.00. The van der Waals surface area contributed by atoms with Crippen LogP contribution >= 0.6 is 11.3 Å². The SMILES string of the molecule is O=C(Nc1ccc(C(=O)O)s1)c1cncc(O)c1. The second-order valence-electron chi connectivity index (χ2n) is 3.35. The smallest absolute Gasteiger partial charge is 0.345 e.